The molecule has 0 aliphatic heterocycles. The van der Waals surface area contributed by atoms with Crippen LogP contribution in [0.3, 0.4) is 0 Å². The van der Waals surface area contributed by atoms with Gasteiger partial charge in [-0.3, -0.25) is 9.59 Å². The average molecular weight is 764 g/mol. The molecule has 0 unspecified atom stereocenters. The minimum atomic E-state index is -1.33. The van der Waals surface area contributed by atoms with Crippen LogP contribution in [0.2, 0.25) is 10.0 Å². The number of aliphatic carboxylic acids is 2. The Labute approximate surface area is 356 Å². The van der Waals surface area contributed by atoms with Crippen molar-refractivity contribution in [3.05, 3.63) is 142 Å². The Hall–Kier alpha value is -3.06. The summed E-state index contributed by atoms with van der Waals surface area (Å²) < 4.78 is 0. The second kappa shape index (κ2) is 19.5. The van der Waals surface area contributed by atoms with Gasteiger partial charge in [-0.05, 0) is 71.8 Å². The van der Waals surface area contributed by atoms with Crippen LogP contribution < -0.4 is 20.8 Å². The number of carbonyl (C=O) groups is 4. The fourth-order valence-electron chi connectivity index (χ4n) is 5.11. The van der Waals surface area contributed by atoms with Crippen molar-refractivity contribution in [2.75, 3.05) is 0 Å². The summed E-state index contributed by atoms with van der Waals surface area (Å²) in [5.41, 5.74) is 4.10. The number of aromatic nitrogens is 2. The minimum Gasteiger partial charge on any atom is -0.548 e. The first-order valence-corrected chi connectivity index (χ1v) is 15.5. The summed E-state index contributed by atoms with van der Waals surface area (Å²) in [7, 11) is 0. The predicted octanol–water partition coefficient (Wildman–Crippen LogP) is 3.06. The van der Waals surface area contributed by atoms with E-state index in [9.17, 15) is 29.4 Å². The maximum absolute atomic E-state index is 12.2. The van der Waals surface area contributed by atoms with E-state index in [1.54, 1.807) is 36.7 Å². The monoisotopic (exact) mass is 762 g/mol. The number of benzene rings is 4. The molecule has 0 saturated carbocycles. The molecule has 0 fully saturated rings. The number of aromatic amines is 2. The number of halogens is 2. The standard InChI is InChI=1S/2C18H15ClN2O3.2Ca/c2*19-13-7-5-11(6-8-13)17(22)21-16(18(23)24)9-12-10-20-15-4-2-1-3-14(12)15;;/h2*1-8,10,16,20H,9H2,(H,21,22)(H,23,24);;/q;;2*+2/p-2/t2*16-;;/m11../s1. The SMILES string of the molecule is O=C(N[C@H](Cc1c[nH]c2ccccc12)C(=O)[O-])c1ccc(Cl)cc1.O=C(N[C@H](Cc1c[nH]c2ccccc12)C(=O)[O-])c1ccc(Cl)cc1.[Ca+2].[Ca+2]. The van der Waals surface area contributed by atoms with Crippen LogP contribution in [0.15, 0.2) is 109 Å². The Morgan fingerprint density at radius 1 is 0.560 bits per heavy atom. The first-order valence-electron chi connectivity index (χ1n) is 14.7. The molecule has 4 N–H and O–H groups in total. The third-order valence-electron chi connectivity index (χ3n) is 7.59. The topological polar surface area (TPSA) is 170 Å². The van der Waals surface area contributed by atoms with Crippen molar-refractivity contribution in [3.8, 4) is 0 Å². The van der Waals surface area contributed by atoms with E-state index in [1.807, 2.05) is 48.5 Å². The van der Waals surface area contributed by atoms with Gasteiger partial charge < -0.3 is 40.4 Å². The van der Waals surface area contributed by atoms with Crippen molar-refractivity contribution in [2.24, 2.45) is 0 Å². The number of hydrogen-bond donors (Lipinski definition) is 4. The molecular formula is C36H28Ca2Cl2N4O6+2. The van der Waals surface area contributed by atoms with Gasteiger partial charge in [0, 0.05) is 68.2 Å². The number of carboxylic acids is 2. The minimum absolute atomic E-state index is 0. The molecule has 6 aromatic rings. The van der Waals surface area contributed by atoms with E-state index in [1.165, 1.54) is 24.3 Å². The number of para-hydroxylation sites is 2. The van der Waals surface area contributed by atoms with Crippen LogP contribution in [0.25, 0.3) is 21.8 Å². The van der Waals surface area contributed by atoms with Gasteiger partial charge in [0.2, 0.25) is 0 Å². The summed E-state index contributed by atoms with van der Waals surface area (Å²) in [6.45, 7) is 0. The second-order valence-corrected chi connectivity index (χ2v) is 11.7. The molecule has 50 heavy (non-hydrogen) atoms. The van der Waals surface area contributed by atoms with Gasteiger partial charge in [-0.15, -0.1) is 0 Å². The van der Waals surface area contributed by atoms with E-state index in [4.69, 9.17) is 23.2 Å². The van der Waals surface area contributed by atoms with Crippen LogP contribution in [-0.2, 0) is 22.4 Å². The van der Waals surface area contributed by atoms with Gasteiger partial charge in [0.15, 0.2) is 0 Å². The maximum Gasteiger partial charge on any atom is 2.00 e. The quantitative estimate of drug-likeness (QED) is 0.156. The van der Waals surface area contributed by atoms with E-state index in [-0.39, 0.29) is 88.3 Å². The smallest absolute Gasteiger partial charge is 0.548 e. The Morgan fingerprint density at radius 2 is 0.900 bits per heavy atom. The van der Waals surface area contributed by atoms with E-state index in [0.29, 0.717) is 21.2 Å². The molecule has 0 saturated heterocycles. The zero-order valence-electron chi connectivity index (χ0n) is 26.6. The molecular weight excluding hydrogens is 735 g/mol. The van der Waals surface area contributed by atoms with Crippen molar-refractivity contribution < 1.29 is 29.4 Å². The van der Waals surface area contributed by atoms with Crippen LogP contribution >= 0.6 is 23.2 Å². The zero-order valence-corrected chi connectivity index (χ0v) is 32.5. The van der Waals surface area contributed by atoms with Crippen LogP contribution in [0.5, 0.6) is 0 Å². The van der Waals surface area contributed by atoms with Crippen molar-refractivity contribution in [1.82, 2.24) is 20.6 Å². The number of H-pyrrole nitrogens is 2. The van der Waals surface area contributed by atoms with Crippen molar-refractivity contribution in [1.29, 1.82) is 0 Å². The average Bonchev–Trinajstić information content (AvgIpc) is 3.69. The predicted molar refractivity (Wildman–Crippen MR) is 191 cm³/mol. The van der Waals surface area contributed by atoms with Crippen LogP contribution in [-0.4, -0.2) is 121 Å². The third kappa shape index (κ3) is 11.0. The number of hydrogen-bond acceptors (Lipinski definition) is 6. The van der Waals surface area contributed by atoms with Crippen LogP contribution in [0.4, 0.5) is 0 Å². The molecule has 4 aromatic carbocycles. The van der Waals surface area contributed by atoms with Gasteiger partial charge >= 0.3 is 75.5 Å². The van der Waals surface area contributed by atoms with Gasteiger partial charge in [0.1, 0.15) is 0 Å². The van der Waals surface area contributed by atoms with Gasteiger partial charge in [-0.2, -0.15) is 0 Å². The van der Waals surface area contributed by atoms with E-state index in [0.717, 1.165) is 32.9 Å². The molecule has 2 aromatic heterocycles. The maximum atomic E-state index is 12.2. The number of rotatable bonds is 10. The Kier molecular flexibility index (Phi) is 16.1. The van der Waals surface area contributed by atoms with E-state index < -0.39 is 35.8 Å². The summed E-state index contributed by atoms with van der Waals surface area (Å²) in [5, 5.41) is 30.7. The molecule has 0 aliphatic carbocycles. The molecule has 6 rings (SSSR count). The number of fused-ring (bicyclic) bond motifs is 2. The van der Waals surface area contributed by atoms with E-state index >= 15 is 0 Å². The zero-order chi connectivity index (χ0) is 34.2. The number of amides is 2. The summed E-state index contributed by atoms with van der Waals surface area (Å²) in [5.74, 6) is -3.63. The molecule has 10 nitrogen and oxygen atoms in total. The molecule has 0 radical (unpaired) electrons. The molecule has 0 aliphatic rings. The molecule has 0 bridgehead atoms. The van der Waals surface area contributed by atoms with Crippen LogP contribution in [0, 0.1) is 0 Å². The van der Waals surface area contributed by atoms with Crippen LogP contribution in [0.1, 0.15) is 31.8 Å². The Balaban J connectivity index is 0.000000260. The molecule has 14 heteroatoms. The van der Waals surface area contributed by atoms with Gasteiger partial charge in [-0.25, -0.2) is 0 Å². The normalized spacial score (nSPS) is 11.6. The Morgan fingerprint density at radius 3 is 1.24 bits per heavy atom. The summed E-state index contributed by atoms with van der Waals surface area (Å²) in [4.78, 5) is 53.4. The number of carbonyl (C=O) groups excluding carboxylic acids is 4. The number of carboxylic acid groups (broad SMARTS) is 2. The van der Waals surface area contributed by atoms with Crippen molar-refractivity contribution in [2.45, 2.75) is 24.9 Å². The largest absolute Gasteiger partial charge is 2.00 e. The third-order valence-corrected chi connectivity index (χ3v) is 8.09. The fourth-order valence-corrected chi connectivity index (χ4v) is 5.37. The molecule has 244 valence electrons. The van der Waals surface area contributed by atoms with Gasteiger partial charge in [-0.1, -0.05) is 59.6 Å². The Bertz CT molecular complexity index is 1930. The second-order valence-electron chi connectivity index (χ2n) is 10.8. The van der Waals surface area contributed by atoms with Crippen molar-refractivity contribution in [3.63, 3.8) is 0 Å². The number of nitrogens with one attached hydrogen (secondary N) is 4. The first-order chi connectivity index (χ1) is 23.1. The molecule has 2 atom stereocenters. The van der Waals surface area contributed by atoms with Gasteiger partial charge in [0.05, 0.1) is 24.0 Å². The first kappa shape index (κ1) is 41.4. The summed E-state index contributed by atoms with van der Waals surface area (Å²) in [6, 6.07) is 25.3. The molecule has 2 amide bonds. The fraction of sp³-hybridized carbons (Fsp3) is 0.111. The molecule has 2 heterocycles. The summed E-state index contributed by atoms with van der Waals surface area (Å²) >= 11 is 11.6. The summed E-state index contributed by atoms with van der Waals surface area (Å²) in [6.07, 6.45) is 3.75. The van der Waals surface area contributed by atoms with Crippen molar-refractivity contribution >= 4 is 144 Å². The molecule has 0 spiro atoms. The van der Waals surface area contributed by atoms with Gasteiger partial charge in [0.25, 0.3) is 11.8 Å². The van der Waals surface area contributed by atoms with E-state index in [2.05, 4.69) is 20.6 Å².